The van der Waals surface area contributed by atoms with Crippen LogP contribution in [0.25, 0.3) is 0 Å². The summed E-state index contributed by atoms with van der Waals surface area (Å²) in [4.78, 5) is 1.12. The van der Waals surface area contributed by atoms with Crippen molar-refractivity contribution in [2.24, 2.45) is 0 Å². The average Bonchev–Trinajstić information content (AvgIpc) is 2.55. The Labute approximate surface area is 151 Å². The number of benzene rings is 2. The van der Waals surface area contributed by atoms with Gasteiger partial charge >= 0.3 is 0 Å². The summed E-state index contributed by atoms with van der Waals surface area (Å²) in [5.41, 5.74) is 6.42. The zero-order valence-electron chi connectivity index (χ0n) is 13.2. The number of nitrogen functional groups attached to an aromatic ring is 1. The van der Waals surface area contributed by atoms with Gasteiger partial charge in [0, 0.05) is 22.9 Å². The van der Waals surface area contributed by atoms with Crippen LogP contribution in [0.1, 0.15) is 6.92 Å². The highest BCUT2D eigenvalue weighted by Crippen LogP contribution is 2.25. The fourth-order valence-electron chi connectivity index (χ4n) is 1.87. The first-order valence-corrected chi connectivity index (χ1v) is 10.2. The smallest absolute Gasteiger partial charge is 0.261 e. The number of halogens is 1. The van der Waals surface area contributed by atoms with Gasteiger partial charge in [-0.3, -0.25) is 4.72 Å². The van der Waals surface area contributed by atoms with Gasteiger partial charge < -0.3 is 10.5 Å². The van der Waals surface area contributed by atoms with Crippen LogP contribution in [-0.4, -0.2) is 27.4 Å². The van der Waals surface area contributed by atoms with E-state index >= 15 is 0 Å². The third-order valence-corrected chi connectivity index (χ3v) is 5.77. The summed E-state index contributed by atoms with van der Waals surface area (Å²) in [5, 5.41) is 0.207. The average molecular weight is 387 g/mol. The number of rotatable bonds is 8. The van der Waals surface area contributed by atoms with E-state index in [0.717, 1.165) is 10.6 Å². The van der Waals surface area contributed by atoms with Crippen molar-refractivity contribution < 1.29 is 13.2 Å². The van der Waals surface area contributed by atoms with Crippen molar-refractivity contribution >= 4 is 44.8 Å². The number of hydrogen-bond acceptors (Lipinski definition) is 5. The monoisotopic (exact) mass is 386 g/mol. The number of anilines is 2. The minimum atomic E-state index is -3.71. The van der Waals surface area contributed by atoms with Crippen LogP contribution >= 0.6 is 23.4 Å². The first-order valence-electron chi connectivity index (χ1n) is 7.31. The number of nitrogens with two attached hydrogens (primary N) is 1. The second kappa shape index (κ2) is 8.62. The molecule has 0 amide bonds. The lowest BCUT2D eigenvalue weighted by molar-refractivity contribution is 0.164. The molecule has 2 rings (SSSR count). The number of nitrogens with one attached hydrogen (secondary N) is 1. The molecule has 0 unspecified atom stereocenters. The molecule has 0 saturated carbocycles. The molecule has 0 aliphatic heterocycles. The molecular formula is C16H19ClN2O3S2. The van der Waals surface area contributed by atoms with Gasteiger partial charge in [-0.15, -0.1) is 11.8 Å². The van der Waals surface area contributed by atoms with Gasteiger partial charge in [0.15, 0.2) is 0 Å². The summed E-state index contributed by atoms with van der Waals surface area (Å²) >= 11 is 7.54. The SMILES string of the molecule is CCOCCSc1ccc(NS(=O)(=O)c2ccc(N)c(Cl)c2)cc1. The van der Waals surface area contributed by atoms with Crippen LogP contribution in [0.3, 0.4) is 0 Å². The van der Waals surface area contributed by atoms with Gasteiger partial charge in [-0.1, -0.05) is 11.6 Å². The molecule has 2 aromatic carbocycles. The third kappa shape index (κ3) is 5.31. The van der Waals surface area contributed by atoms with Crippen molar-refractivity contribution in [1.82, 2.24) is 0 Å². The van der Waals surface area contributed by atoms with E-state index < -0.39 is 10.0 Å². The Bertz CT molecular complexity index is 780. The highest BCUT2D eigenvalue weighted by atomic mass is 35.5. The molecule has 24 heavy (non-hydrogen) atoms. The molecule has 2 aromatic rings. The number of thioether (sulfide) groups is 1. The molecule has 0 spiro atoms. The molecule has 0 aliphatic carbocycles. The van der Waals surface area contributed by atoms with E-state index in [-0.39, 0.29) is 9.92 Å². The molecule has 0 radical (unpaired) electrons. The minimum Gasteiger partial charge on any atom is -0.398 e. The Hall–Kier alpha value is -1.41. The number of ether oxygens (including phenoxy) is 1. The normalized spacial score (nSPS) is 11.4. The molecule has 0 fully saturated rings. The molecule has 0 bridgehead atoms. The summed E-state index contributed by atoms with van der Waals surface area (Å²) in [6.07, 6.45) is 0. The van der Waals surface area contributed by atoms with Gasteiger partial charge in [-0.05, 0) is 49.4 Å². The second-order valence-corrected chi connectivity index (χ2v) is 8.12. The zero-order chi connectivity index (χ0) is 17.6. The summed E-state index contributed by atoms with van der Waals surface area (Å²) in [6, 6.07) is 11.4. The molecule has 0 heterocycles. The van der Waals surface area contributed by atoms with Crippen molar-refractivity contribution in [3.63, 3.8) is 0 Å². The van der Waals surface area contributed by atoms with Crippen molar-refractivity contribution in [2.45, 2.75) is 16.7 Å². The quantitative estimate of drug-likeness (QED) is 0.409. The largest absolute Gasteiger partial charge is 0.398 e. The first-order chi connectivity index (χ1) is 11.4. The summed E-state index contributed by atoms with van der Waals surface area (Å²) in [7, 11) is -3.71. The van der Waals surface area contributed by atoms with Crippen molar-refractivity contribution in [2.75, 3.05) is 29.4 Å². The van der Waals surface area contributed by atoms with E-state index in [1.807, 2.05) is 19.1 Å². The zero-order valence-corrected chi connectivity index (χ0v) is 15.5. The highest BCUT2D eigenvalue weighted by molar-refractivity contribution is 7.99. The Morgan fingerprint density at radius 2 is 1.92 bits per heavy atom. The minimum absolute atomic E-state index is 0.0665. The van der Waals surface area contributed by atoms with Crippen LogP contribution in [0.4, 0.5) is 11.4 Å². The van der Waals surface area contributed by atoms with E-state index in [2.05, 4.69) is 4.72 Å². The maximum Gasteiger partial charge on any atom is 0.261 e. The molecule has 0 aliphatic rings. The molecule has 3 N–H and O–H groups in total. The number of hydrogen-bond donors (Lipinski definition) is 2. The maximum atomic E-state index is 12.4. The Morgan fingerprint density at radius 3 is 2.54 bits per heavy atom. The summed E-state index contributed by atoms with van der Waals surface area (Å²) < 4.78 is 32.5. The molecule has 130 valence electrons. The lowest BCUT2D eigenvalue weighted by Gasteiger charge is -2.10. The Morgan fingerprint density at radius 1 is 1.21 bits per heavy atom. The molecule has 0 saturated heterocycles. The highest BCUT2D eigenvalue weighted by Gasteiger charge is 2.15. The lowest BCUT2D eigenvalue weighted by atomic mass is 10.3. The van der Waals surface area contributed by atoms with E-state index in [1.54, 1.807) is 23.9 Å². The van der Waals surface area contributed by atoms with E-state index in [9.17, 15) is 8.42 Å². The fourth-order valence-corrected chi connectivity index (χ4v) is 3.97. The van der Waals surface area contributed by atoms with Crippen LogP contribution < -0.4 is 10.5 Å². The van der Waals surface area contributed by atoms with Gasteiger partial charge in [0.25, 0.3) is 10.0 Å². The van der Waals surface area contributed by atoms with E-state index in [0.29, 0.717) is 24.6 Å². The predicted octanol–water partition coefficient (Wildman–Crippen LogP) is 3.85. The molecular weight excluding hydrogens is 368 g/mol. The van der Waals surface area contributed by atoms with Gasteiger partial charge in [0.05, 0.1) is 22.2 Å². The van der Waals surface area contributed by atoms with Crippen LogP contribution in [0.2, 0.25) is 5.02 Å². The van der Waals surface area contributed by atoms with Gasteiger partial charge in [0.2, 0.25) is 0 Å². The van der Waals surface area contributed by atoms with Crippen LogP contribution in [0.5, 0.6) is 0 Å². The van der Waals surface area contributed by atoms with Crippen molar-refractivity contribution in [3.05, 3.63) is 47.5 Å². The summed E-state index contributed by atoms with van der Waals surface area (Å²) in [6.45, 7) is 3.35. The lowest BCUT2D eigenvalue weighted by Crippen LogP contribution is -2.13. The van der Waals surface area contributed by atoms with Crippen LogP contribution in [0, 0.1) is 0 Å². The van der Waals surface area contributed by atoms with Gasteiger partial charge in [0.1, 0.15) is 0 Å². The molecule has 5 nitrogen and oxygen atoms in total. The standard InChI is InChI=1S/C16H19ClN2O3S2/c1-2-22-9-10-23-13-5-3-12(4-6-13)19-24(20,21)14-7-8-16(18)15(17)11-14/h3-8,11,19H,2,9-10,18H2,1H3. The van der Waals surface area contributed by atoms with Crippen LogP contribution in [-0.2, 0) is 14.8 Å². The van der Waals surface area contributed by atoms with E-state index in [4.69, 9.17) is 22.1 Å². The van der Waals surface area contributed by atoms with E-state index in [1.165, 1.54) is 18.2 Å². The second-order valence-electron chi connectivity index (χ2n) is 4.86. The Kier molecular flexibility index (Phi) is 6.79. The van der Waals surface area contributed by atoms with Crippen molar-refractivity contribution in [1.29, 1.82) is 0 Å². The predicted molar refractivity (Wildman–Crippen MR) is 100 cm³/mol. The third-order valence-electron chi connectivity index (χ3n) is 3.09. The molecule has 0 aromatic heterocycles. The maximum absolute atomic E-state index is 12.4. The molecule has 0 atom stereocenters. The van der Waals surface area contributed by atoms with Gasteiger partial charge in [-0.2, -0.15) is 0 Å². The number of sulfonamides is 1. The fraction of sp³-hybridized carbons (Fsp3) is 0.250. The summed E-state index contributed by atoms with van der Waals surface area (Å²) in [5.74, 6) is 0.850. The van der Waals surface area contributed by atoms with Crippen molar-refractivity contribution in [3.8, 4) is 0 Å². The topological polar surface area (TPSA) is 81.4 Å². The molecule has 8 heteroatoms. The Balaban J connectivity index is 2.03. The van der Waals surface area contributed by atoms with Gasteiger partial charge in [-0.25, -0.2) is 8.42 Å². The van der Waals surface area contributed by atoms with Crippen LogP contribution in [0.15, 0.2) is 52.3 Å². The first kappa shape index (κ1) is 18.9.